The lowest BCUT2D eigenvalue weighted by molar-refractivity contribution is -0.0256. The second-order valence-corrected chi connectivity index (χ2v) is 9.09. The summed E-state index contributed by atoms with van der Waals surface area (Å²) < 4.78 is 0. The maximum atomic E-state index is 11.2. The van der Waals surface area contributed by atoms with Gasteiger partial charge < -0.3 is 10.2 Å². The molecule has 6 rings (SSSR count). The van der Waals surface area contributed by atoms with Gasteiger partial charge in [0.1, 0.15) is 0 Å². The molecule has 4 aliphatic carbocycles. The highest BCUT2D eigenvalue weighted by Gasteiger charge is 2.56. The molecule has 0 radical (unpaired) electrons. The van der Waals surface area contributed by atoms with Gasteiger partial charge in [0.15, 0.2) is 0 Å². The lowest BCUT2D eigenvalue weighted by atomic mass is 9.44. The molecule has 4 bridgehead atoms. The number of benzene rings is 2. The first-order chi connectivity index (χ1) is 13.4. The van der Waals surface area contributed by atoms with Crippen LogP contribution in [0.25, 0.3) is 0 Å². The van der Waals surface area contributed by atoms with Crippen molar-refractivity contribution in [3.05, 3.63) is 70.8 Å². The SMILES string of the molecule is O=C(O)c1ccc(C2C3CC4CC2CC(c2ccc(C(=O)O)cc2)(C4)C3)cc1. The van der Waals surface area contributed by atoms with Gasteiger partial charge in [-0.05, 0) is 96.6 Å². The zero-order valence-electron chi connectivity index (χ0n) is 15.7. The monoisotopic (exact) mass is 376 g/mol. The number of aromatic carboxylic acids is 2. The van der Waals surface area contributed by atoms with Crippen LogP contribution in [0.2, 0.25) is 0 Å². The minimum Gasteiger partial charge on any atom is -0.478 e. The van der Waals surface area contributed by atoms with Crippen LogP contribution in [0.3, 0.4) is 0 Å². The fourth-order valence-electron chi connectivity index (χ4n) is 6.74. The number of hydrogen-bond donors (Lipinski definition) is 2. The topological polar surface area (TPSA) is 74.6 Å². The van der Waals surface area contributed by atoms with E-state index in [0.717, 1.165) is 18.8 Å². The van der Waals surface area contributed by atoms with Gasteiger partial charge in [0.05, 0.1) is 11.1 Å². The van der Waals surface area contributed by atoms with Crippen LogP contribution >= 0.6 is 0 Å². The fourth-order valence-corrected chi connectivity index (χ4v) is 6.74. The normalized spacial score (nSPS) is 33.0. The molecule has 0 saturated heterocycles. The third-order valence-electron chi connectivity index (χ3n) is 7.56. The van der Waals surface area contributed by atoms with Crippen molar-refractivity contribution in [2.24, 2.45) is 17.8 Å². The Morgan fingerprint density at radius 3 is 1.75 bits per heavy atom. The molecule has 2 atom stereocenters. The molecule has 2 N–H and O–H groups in total. The van der Waals surface area contributed by atoms with Gasteiger partial charge in [0.25, 0.3) is 0 Å². The van der Waals surface area contributed by atoms with Crippen LogP contribution in [-0.4, -0.2) is 22.2 Å². The molecule has 4 heteroatoms. The van der Waals surface area contributed by atoms with Gasteiger partial charge >= 0.3 is 11.9 Å². The molecule has 0 aromatic heterocycles. The van der Waals surface area contributed by atoms with Crippen molar-refractivity contribution in [2.45, 2.75) is 43.4 Å². The summed E-state index contributed by atoms with van der Waals surface area (Å²) in [6.07, 6.45) is 6.04. The molecule has 2 aromatic rings. The summed E-state index contributed by atoms with van der Waals surface area (Å²) in [4.78, 5) is 22.4. The van der Waals surface area contributed by atoms with E-state index in [1.54, 1.807) is 24.3 Å². The Morgan fingerprint density at radius 2 is 1.25 bits per heavy atom. The van der Waals surface area contributed by atoms with Crippen LogP contribution in [0.15, 0.2) is 48.5 Å². The Morgan fingerprint density at radius 1 is 0.750 bits per heavy atom. The van der Waals surface area contributed by atoms with E-state index in [2.05, 4.69) is 0 Å². The fraction of sp³-hybridized carbons (Fsp3) is 0.417. The van der Waals surface area contributed by atoms with E-state index >= 15 is 0 Å². The quantitative estimate of drug-likeness (QED) is 0.792. The summed E-state index contributed by atoms with van der Waals surface area (Å²) in [5, 5.41) is 18.4. The van der Waals surface area contributed by atoms with Crippen molar-refractivity contribution in [1.82, 2.24) is 0 Å². The largest absolute Gasteiger partial charge is 0.478 e. The van der Waals surface area contributed by atoms with Gasteiger partial charge in [-0.15, -0.1) is 0 Å². The van der Waals surface area contributed by atoms with E-state index in [-0.39, 0.29) is 5.41 Å². The average molecular weight is 376 g/mol. The zero-order chi connectivity index (χ0) is 19.5. The molecule has 0 spiro atoms. The molecule has 4 fully saturated rings. The molecule has 4 saturated carbocycles. The van der Waals surface area contributed by atoms with Gasteiger partial charge in [-0.25, -0.2) is 9.59 Å². The summed E-state index contributed by atoms with van der Waals surface area (Å²) in [5.74, 6) is 0.779. The first-order valence-electron chi connectivity index (χ1n) is 10.1. The second kappa shape index (κ2) is 6.20. The summed E-state index contributed by atoms with van der Waals surface area (Å²) in [5.41, 5.74) is 3.48. The number of carboxylic acid groups (broad SMARTS) is 2. The lowest BCUT2D eigenvalue weighted by Gasteiger charge is -2.60. The van der Waals surface area contributed by atoms with E-state index in [9.17, 15) is 14.7 Å². The summed E-state index contributed by atoms with van der Waals surface area (Å²) >= 11 is 0. The molecule has 0 heterocycles. The van der Waals surface area contributed by atoms with Gasteiger partial charge in [-0.3, -0.25) is 0 Å². The summed E-state index contributed by atoms with van der Waals surface area (Å²) in [7, 11) is 0. The maximum absolute atomic E-state index is 11.2. The average Bonchev–Trinajstić information content (AvgIpc) is 2.67. The minimum absolute atomic E-state index is 0.186. The molecular weight excluding hydrogens is 352 g/mol. The first kappa shape index (κ1) is 17.5. The molecule has 0 aliphatic heterocycles. The molecule has 2 unspecified atom stereocenters. The third-order valence-corrected chi connectivity index (χ3v) is 7.56. The molecule has 0 amide bonds. The summed E-state index contributed by atoms with van der Waals surface area (Å²) in [6, 6.07) is 15.1. The molecule has 144 valence electrons. The van der Waals surface area contributed by atoms with E-state index in [1.165, 1.54) is 30.4 Å². The van der Waals surface area contributed by atoms with Crippen molar-refractivity contribution in [3.8, 4) is 0 Å². The van der Waals surface area contributed by atoms with Crippen molar-refractivity contribution < 1.29 is 19.8 Å². The number of carboxylic acids is 2. The zero-order valence-corrected chi connectivity index (χ0v) is 15.7. The molecular formula is C24H24O4. The van der Waals surface area contributed by atoms with Crippen LogP contribution in [0.1, 0.15) is 69.9 Å². The second-order valence-electron chi connectivity index (χ2n) is 9.09. The van der Waals surface area contributed by atoms with Gasteiger partial charge in [0.2, 0.25) is 0 Å². The maximum Gasteiger partial charge on any atom is 0.335 e. The van der Waals surface area contributed by atoms with Crippen molar-refractivity contribution in [3.63, 3.8) is 0 Å². The van der Waals surface area contributed by atoms with Crippen molar-refractivity contribution in [1.29, 1.82) is 0 Å². The Kier molecular flexibility index (Phi) is 3.87. The van der Waals surface area contributed by atoms with Gasteiger partial charge in [-0.1, -0.05) is 24.3 Å². The predicted octanol–water partition coefficient (Wildman–Crippen LogP) is 4.94. The molecule has 4 aliphatic rings. The Balaban J connectivity index is 1.45. The Hall–Kier alpha value is -2.62. The van der Waals surface area contributed by atoms with Crippen LogP contribution in [0, 0.1) is 17.8 Å². The molecule has 4 nitrogen and oxygen atoms in total. The highest BCUT2D eigenvalue weighted by atomic mass is 16.4. The lowest BCUT2D eigenvalue weighted by Crippen LogP contribution is -2.52. The van der Waals surface area contributed by atoms with Gasteiger partial charge in [-0.2, -0.15) is 0 Å². The standard InChI is InChI=1S/C24H24O4/c25-22(26)16-3-1-15(2-4-16)21-18-9-14-10-19(21)13-24(11-14,12-18)20-7-5-17(6-8-20)23(27)28/h1-8,14,18-19,21H,9-13H2,(H,25,26)(H,27,28). The molecule has 2 aromatic carbocycles. The highest BCUT2D eigenvalue weighted by molar-refractivity contribution is 5.88. The minimum atomic E-state index is -0.875. The smallest absolute Gasteiger partial charge is 0.335 e. The van der Waals surface area contributed by atoms with E-state index in [0.29, 0.717) is 28.9 Å². The van der Waals surface area contributed by atoms with Gasteiger partial charge in [0, 0.05) is 0 Å². The van der Waals surface area contributed by atoms with E-state index in [1.807, 2.05) is 24.3 Å². The van der Waals surface area contributed by atoms with Crippen LogP contribution in [0.5, 0.6) is 0 Å². The first-order valence-corrected chi connectivity index (χ1v) is 10.1. The highest BCUT2D eigenvalue weighted by Crippen LogP contribution is 2.65. The van der Waals surface area contributed by atoms with Crippen LogP contribution in [-0.2, 0) is 5.41 Å². The van der Waals surface area contributed by atoms with Crippen LogP contribution in [0.4, 0.5) is 0 Å². The predicted molar refractivity (Wildman–Crippen MR) is 105 cm³/mol. The van der Waals surface area contributed by atoms with Crippen molar-refractivity contribution in [2.75, 3.05) is 0 Å². The third kappa shape index (κ3) is 2.66. The number of hydrogen-bond acceptors (Lipinski definition) is 2. The van der Waals surface area contributed by atoms with Crippen molar-refractivity contribution >= 4 is 11.9 Å². The number of rotatable bonds is 4. The van der Waals surface area contributed by atoms with Crippen LogP contribution < -0.4 is 0 Å². The Bertz CT molecular complexity index is 912. The summed E-state index contributed by atoms with van der Waals surface area (Å²) in [6.45, 7) is 0. The van der Waals surface area contributed by atoms with E-state index in [4.69, 9.17) is 5.11 Å². The number of carbonyl (C=O) groups is 2. The Labute approximate surface area is 164 Å². The van der Waals surface area contributed by atoms with E-state index < -0.39 is 11.9 Å². The molecule has 28 heavy (non-hydrogen) atoms.